The maximum Gasteiger partial charge on any atom is 0.0813 e. The topological polar surface area (TPSA) is 12.4 Å². The summed E-state index contributed by atoms with van der Waals surface area (Å²) in [6.07, 6.45) is 1.89. The highest BCUT2D eigenvalue weighted by molar-refractivity contribution is 8.03. The first-order chi connectivity index (χ1) is 25.6. The summed E-state index contributed by atoms with van der Waals surface area (Å²) in [5, 5.41) is 0. The van der Waals surface area contributed by atoms with E-state index < -0.39 is 0 Å². The third kappa shape index (κ3) is 4.47. The molecule has 2 heterocycles. The number of aliphatic imine (C=N–C) groups is 1. The summed E-state index contributed by atoms with van der Waals surface area (Å²) in [5.41, 5.74) is 20.9. The van der Waals surface area contributed by atoms with Gasteiger partial charge in [-0.15, -0.1) is 0 Å². The first-order valence-electron chi connectivity index (χ1n) is 18.3. The lowest BCUT2D eigenvalue weighted by atomic mass is 9.74. The fourth-order valence-electron chi connectivity index (χ4n) is 9.33. The molecule has 0 spiro atoms. The van der Waals surface area contributed by atoms with E-state index in [4.69, 9.17) is 4.99 Å². The van der Waals surface area contributed by atoms with Crippen molar-refractivity contribution in [2.45, 2.75) is 36.0 Å². The Bertz CT molecular complexity index is 2650. The first-order valence-corrected chi connectivity index (χ1v) is 19.2. The third-order valence-electron chi connectivity index (χ3n) is 11.9. The molecular formula is C50H35NS. The van der Waals surface area contributed by atoms with Gasteiger partial charge in [0.05, 0.1) is 5.70 Å². The monoisotopic (exact) mass is 681 g/mol. The van der Waals surface area contributed by atoms with Crippen LogP contribution in [0.5, 0.6) is 0 Å². The van der Waals surface area contributed by atoms with E-state index in [1.807, 2.05) is 11.8 Å². The molecule has 11 rings (SSSR count). The summed E-state index contributed by atoms with van der Waals surface area (Å²) in [4.78, 5) is 8.25. The predicted octanol–water partition coefficient (Wildman–Crippen LogP) is 13.0. The zero-order valence-corrected chi connectivity index (χ0v) is 29.8. The van der Waals surface area contributed by atoms with E-state index in [9.17, 15) is 0 Å². The summed E-state index contributed by atoms with van der Waals surface area (Å²) < 4.78 is 0. The molecule has 52 heavy (non-hydrogen) atoms. The van der Waals surface area contributed by atoms with E-state index in [-0.39, 0.29) is 5.41 Å². The van der Waals surface area contributed by atoms with Crippen LogP contribution in [0.25, 0.3) is 50.2 Å². The number of benzene rings is 7. The summed E-state index contributed by atoms with van der Waals surface area (Å²) in [6.45, 7) is 2.43. The molecule has 2 atom stereocenters. The maximum atomic E-state index is 5.52. The normalized spacial score (nSPS) is 18.9. The Hall–Kier alpha value is -5.70. The number of rotatable bonds is 4. The van der Waals surface area contributed by atoms with E-state index in [0.29, 0.717) is 5.92 Å². The first kappa shape index (κ1) is 30.0. The number of hydrogen-bond acceptors (Lipinski definition) is 2. The molecular weight excluding hydrogens is 647 g/mol. The number of fused-ring (bicyclic) bond motifs is 8. The molecule has 0 saturated carbocycles. The second-order valence-electron chi connectivity index (χ2n) is 14.9. The van der Waals surface area contributed by atoms with Crippen LogP contribution in [-0.4, -0.2) is 5.71 Å². The molecule has 0 saturated heterocycles. The van der Waals surface area contributed by atoms with Crippen LogP contribution in [0, 0.1) is 0 Å². The number of thioether (sulfide) groups is 1. The van der Waals surface area contributed by atoms with Crippen LogP contribution in [0.3, 0.4) is 0 Å². The van der Waals surface area contributed by atoms with Crippen molar-refractivity contribution < 1.29 is 0 Å². The molecule has 0 aromatic heterocycles. The summed E-state index contributed by atoms with van der Waals surface area (Å²) >= 11 is 1.92. The van der Waals surface area contributed by atoms with Gasteiger partial charge in [0, 0.05) is 38.8 Å². The Kier molecular flexibility index (Phi) is 6.57. The molecule has 1 nitrogen and oxygen atoms in total. The zero-order chi connectivity index (χ0) is 34.4. The lowest BCUT2D eigenvalue weighted by Gasteiger charge is -2.33. The minimum Gasteiger partial charge on any atom is -0.251 e. The van der Waals surface area contributed by atoms with Gasteiger partial charge in [-0.25, -0.2) is 0 Å². The van der Waals surface area contributed by atoms with Gasteiger partial charge in [-0.05, 0) is 96.9 Å². The van der Waals surface area contributed by atoms with Gasteiger partial charge < -0.3 is 0 Å². The van der Waals surface area contributed by atoms with Crippen LogP contribution in [-0.2, 0) is 11.8 Å². The second-order valence-corrected chi connectivity index (χ2v) is 15.9. The highest BCUT2D eigenvalue weighted by Gasteiger charge is 2.45. The summed E-state index contributed by atoms with van der Waals surface area (Å²) in [7, 11) is 0. The van der Waals surface area contributed by atoms with Gasteiger partial charge >= 0.3 is 0 Å². The molecule has 0 N–H and O–H groups in total. The lowest BCUT2D eigenvalue weighted by Crippen LogP contribution is -2.28. The molecule has 2 unspecified atom stereocenters. The maximum absolute atomic E-state index is 5.52. The molecule has 2 heteroatoms. The molecule has 246 valence electrons. The summed E-state index contributed by atoms with van der Waals surface area (Å²) in [5.74, 6) is 0.329. The van der Waals surface area contributed by atoms with E-state index in [0.717, 1.165) is 18.5 Å². The van der Waals surface area contributed by atoms with Crippen LogP contribution in [0.15, 0.2) is 179 Å². The summed E-state index contributed by atoms with van der Waals surface area (Å²) in [6, 6.07) is 60.7. The van der Waals surface area contributed by atoms with Crippen LogP contribution in [0.4, 0.5) is 0 Å². The van der Waals surface area contributed by atoms with Crippen molar-refractivity contribution in [3.63, 3.8) is 0 Å². The van der Waals surface area contributed by atoms with Crippen LogP contribution in [0.2, 0.25) is 0 Å². The minimum atomic E-state index is -0.110. The Morgan fingerprint density at radius 3 is 1.94 bits per heavy atom. The van der Waals surface area contributed by atoms with Gasteiger partial charge in [0.1, 0.15) is 0 Å². The predicted molar refractivity (Wildman–Crippen MR) is 218 cm³/mol. The Morgan fingerprint density at radius 2 is 1.15 bits per heavy atom. The van der Waals surface area contributed by atoms with Crippen molar-refractivity contribution in [1.29, 1.82) is 0 Å². The Balaban J connectivity index is 1.01. The quantitative estimate of drug-likeness (QED) is 0.180. The molecule has 0 bridgehead atoms. The molecule has 7 aromatic rings. The largest absolute Gasteiger partial charge is 0.251 e. The van der Waals surface area contributed by atoms with Gasteiger partial charge in [0.25, 0.3) is 0 Å². The van der Waals surface area contributed by atoms with Crippen molar-refractivity contribution in [2.75, 3.05) is 0 Å². The molecule has 7 aromatic carbocycles. The van der Waals surface area contributed by atoms with Crippen molar-refractivity contribution >= 4 is 23.2 Å². The molecule has 0 fully saturated rings. The SMILES string of the molecule is CC12CC(c3ccccc3)=NC(c3ccc4c(c3)CC3c5cc(-c6ccc(-c7ccccc7)cc6)ccc5-c5cccc-4c53)=C1Sc1ccccc12. The molecule has 2 aliphatic heterocycles. The lowest BCUT2D eigenvalue weighted by molar-refractivity contribution is 0.606. The fraction of sp³-hybridized carbons (Fsp3) is 0.100. The van der Waals surface area contributed by atoms with E-state index in [2.05, 4.69) is 171 Å². The molecule has 0 radical (unpaired) electrons. The smallest absolute Gasteiger partial charge is 0.0813 e. The molecule has 4 aliphatic rings. The van der Waals surface area contributed by atoms with Crippen molar-refractivity contribution in [2.24, 2.45) is 4.99 Å². The van der Waals surface area contributed by atoms with Gasteiger partial charge in [0.15, 0.2) is 0 Å². The van der Waals surface area contributed by atoms with Crippen LogP contribution in [0.1, 0.15) is 52.6 Å². The van der Waals surface area contributed by atoms with Crippen molar-refractivity contribution in [3.8, 4) is 44.5 Å². The van der Waals surface area contributed by atoms with Crippen molar-refractivity contribution in [1.82, 2.24) is 0 Å². The van der Waals surface area contributed by atoms with Gasteiger partial charge in [-0.2, -0.15) is 0 Å². The van der Waals surface area contributed by atoms with E-state index in [1.54, 1.807) is 0 Å². The Labute approximate surface area is 309 Å². The van der Waals surface area contributed by atoms with Crippen LogP contribution < -0.4 is 0 Å². The average Bonchev–Trinajstić information content (AvgIpc) is 3.69. The van der Waals surface area contributed by atoms with E-state index >= 15 is 0 Å². The average molecular weight is 682 g/mol. The van der Waals surface area contributed by atoms with Crippen molar-refractivity contribution in [3.05, 3.63) is 202 Å². The standard InChI is InChI=1S/C50H35NS/c1-50-30-45(34-13-6-3-7-14-34)51-48(49(50)52-46-18-9-8-17-44(46)50)36-24-25-38-37(27-36)29-43-42-28-35(23-26-39(42)41-16-10-15-40(38)47(41)43)33-21-19-32(20-22-33)31-11-4-2-5-12-31/h2-28,43H,29-30H2,1H3. The van der Waals surface area contributed by atoms with E-state index in [1.165, 1.54) is 93.4 Å². The highest BCUT2D eigenvalue weighted by atomic mass is 32.2. The second kappa shape index (κ2) is 11.4. The fourth-order valence-corrected chi connectivity index (χ4v) is 10.8. The van der Waals surface area contributed by atoms with Gasteiger partial charge in [-0.3, -0.25) is 4.99 Å². The Morgan fingerprint density at radius 1 is 0.538 bits per heavy atom. The number of hydrogen-bond donors (Lipinski definition) is 0. The zero-order valence-electron chi connectivity index (χ0n) is 28.9. The highest BCUT2D eigenvalue weighted by Crippen LogP contribution is 2.60. The molecule has 2 aliphatic carbocycles. The van der Waals surface area contributed by atoms with Gasteiger partial charge in [0.2, 0.25) is 0 Å². The van der Waals surface area contributed by atoms with Crippen LogP contribution >= 0.6 is 11.8 Å². The van der Waals surface area contributed by atoms with Gasteiger partial charge in [-0.1, -0.05) is 164 Å². The third-order valence-corrected chi connectivity index (χ3v) is 13.3. The minimum absolute atomic E-state index is 0.110. The number of nitrogens with zero attached hydrogens (tertiary/aromatic N) is 1. The number of allylic oxidation sites excluding steroid dienone is 1. The molecule has 0 amide bonds.